The SMILES string of the molecule is CCC(CC)CC1=CC2CCCC(C1)N2C(=O)OCC1c2ccccc2-c2ccccc21. The number of hydrogen-bond acceptors (Lipinski definition) is 2. The van der Waals surface area contributed by atoms with E-state index < -0.39 is 0 Å². The normalized spacial score (nSPS) is 21.8. The largest absolute Gasteiger partial charge is 0.448 e. The zero-order valence-electron chi connectivity index (χ0n) is 19.4. The third-order valence-corrected chi connectivity index (χ3v) is 7.97. The van der Waals surface area contributed by atoms with Gasteiger partial charge in [0, 0.05) is 12.0 Å². The smallest absolute Gasteiger partial charge is 0.410 e. The van der Waals surface area contributed by atoms with Crippen LogP contribution in [0.15, 0.2) is 60.2 Å². The standard InChI is InChI=1S/C29H35NO2/c1-3-20(4-2)16-21-17-22-10-9-11-23(18-21)30(22)29(31)32-19-28-26-14-7-5-12-24(26)25-13-6-8-15-27(25)28/h5-8,12-15,17,20,22-23,28H,3-4,9-11,16,18-19H2,1-2H3. The van der Waals surface area contributed by atoms with Gasteiger partial charge in [0.2, 0.25) is 0 Å². The Morgan fingerprint density at radius 3 is 2.28 bits per heavy atom. The van der Waals surface area contributed by atoms with Crippen molar-refractivity contribution in [3.05, 3.63) is 71.3 Å². The summed E-state index contributed by atoms with van der Waals surface area (Å²) < 4.78 is 6.03. The van der Waals surface area contributed by atoms with Crippen LogP contribution in [0.2, 0.25) is 0 Å². The molecule has 0 aromatic heterocycles. The van der Waals surface area contributed by atoms with Crippen LogP contribution in [-0.4, -0.2) is 29.7 Å². The summed E-state index contributed by atoms with van der Waals surface area (Å²) >= 11 is 0. The number of nitrogens with zero attached hydrogens (tertiary/aromatic N) is 1. The molecule has 0 radical (unpaired) electrons. The lowest BCUT2D eigenvalue weighted by Crippen LogP contribution is -2.52. The average molecular weight is 430 g/mol. The molecular weight excluding hydrogens is 394 g/mol. The third-order valence-electron chi connectivity index (χ3n) is 7.97. The summed E-state index contributed by atoms with van der Waals surface area (Å²) in [4.78, 5) is 15.4. The lowest BCUT2D eigenvalue weighted by atomic mass is 9.81. The van der Waals surface area contributed by atoms with E-state index in [0.29, 0.717) is 12.6 Å². The van der Waals surface area contributed by atoms with Gasteiger partial charge in [-0.25, -0.2) is 4.79 Å². The molecule has 3 nitrogen and oxygen atoms in total. The van der Waals surface area contributed by atoms with Crippen molar-refractivity contribution in [3.8, 4) is 11.1 Å². The fraction of sp³-hybridized carbons (Fsp3) is 0.483. The highest BCUT2D eigenvalue weighted by Crippen LogP contribution is 2.45. The highest BCUT2D eigenvalue weighted by Gasteiger charge is 2.39. The van der Waals surface area contributed by atoms with E-state index in [0.717, 1.165) is 25.2 Å². The van der Waals surface area contributed by atoms with Gasteiger partial charge in [-0.3, -0.25) is 4.90 Å². The van der Waals surface area contributed by atoms with Gasteiger partial charge in [-0.1, -0.05) is 86.9 Å². The second-order valence-electron chi connectivity index (χ2n) is 9.78. The monoisotopic (exact) mass is 429 g/mol. The van der Waals surface area contributed by atoms with E-state index in [2.05, 4.69) is 73.4 Å². The van der Waals surface area contributed by atoms with E-state index in [1.165, 1.54) is 47.9 Å². The van der Waals surface area contributed by atoms with Crippen LogP contribution in [0, 0.1) is 5.92 Å². The van der Waals surface area contributed by atoms with E-state index in [-0.39, 0.29) is 18.1 Å². The van der Waals surface area contributed by atoms with Gasteiger partial charge in [0.15, 0.2) is 0 Å². The van der Waals surface area contributed by atoms with Crippen molar-refractivity contribution in [3.63, 3.8) is 0 Å². The molecule has 2 aromatic carbocycles. The highest BCUT2D eigenvalue weighted by molar-refractivity contribution is 5.79. The average Bonchev–Trinajstić information content (AvgIpc) is 3.14. The lowest BCUT2D eigenvalue weighted by Gasteiger charge is -2.44. The van der Waals surface area contributed by atoms with Crippen LogP contribution < -0.4 is 0 Å². The Bertz CT molecular complexity index is 960. The van der Waals surface area contributed by atoms with Crippen LogP contribution in [0.3, 0.4) is 0 Å². The summed E-state index contributed by atoms with van der Waals surface area (Å²) in [7, 11) is 0. The summed E-state index contributed by atoms with van der Waals surface area (Å²) in [5, 5.41) is 0. The Kier molecular flexibility index (Phi) is 6.08. The fourth-order valence-electron chi connectivity index (χ4n) is 6.17. The lowest BCUT2D eigenvalue weighted by molar-refractivity contribution is 0.0504. The number of rotatable bonds is 6. The molecule has 1 aliphatic carbocycles. The Balaban J connectivity index is 1.30. The zero-order valence-corrected chi connectivity index (χ0v) is 19.4. The van der Waals surface area contributed by atoms with Gasteiger partial charge in [0.1, 0.15) is 6.61 Å². The summed E-state index contributed by atoms with van der Waals surface area (Å²) in [6.07, 6.45) is 10.3. The molecule has 2 aliphatic heterocycles. The summed E-state index contributed by atoms with van der Waals surface area (Å²) in [5.74, 6) is 0.889. The maximum Gasteiger partial charge on any atom is 0.410 e. The molecule has 2 atom stereocenters. The minimum absolute atomic E-state index is 0.122. The van der Waals surface area contributed by atoms with Gasteiger partial charge < -0.3 is 4.74 Å². The highest BCUT2D eigenvalue weighted by atomic mass is 16.6. The van der Waals surface area contributed by atoms with Gasteiger partial charge in [0.05, 0.1) is 6.04 Å². The molecule has 3 aliphatic rings. The first-order chi connectivity index (χ1) is 15.7. The first kappa shape index (κ1) is 21.3. The Morgan fingerprint density at radius 1 is 1.00 bits per heavy atom. The number of ether oxygens (including phenoxy) is 1. The molecule has 168 valence electrons. The summed E-state index contributed by atoms with van der Waals surface area (Å²) in [5.41, 5.74) is 6.65. The topological polar surface area (TPSA) is 29.5 Å². The Morgan fingerprint density at radius 2 is 1.66 bits per heavy atom. The number of benzene rings is 2. The van der Waals surface area contributed by atoms with Crippen LogP contribution in [0.1, 0.15) is 75.8 Å². The van der Waals surface area contributed by atoms with Gasteiger partial charge in [-0.05, 0) is 60.3 Å². The van der Waals surface area contributed by atoms with Crippen molar-refractivity contribution in [1.29, 1.82) is 0 Å². The molecule has 32 heavy (non-hydrogen) atoms. The van der Waals surface area contributed by atoms with Gasteiger partial charge >= 0.3 is 6.09 Å². The molecule has 1 fully saturated rings. The van der Waals surface area contributed by atoms with Gasteiger partial charge in [-0.2, -0.15) is 0 Å². The third kappa shape index (κ3) is 3.87. The Labute approximate surface area is 192 Å². The molecule has 0 spiro atoms. The summed E-state index contributed by atoms with van der Waals surface area (Å²) in [6, 6.07) is 17.6. The molecule has 1 amide bonds. The van der Waals surface area contributed by atoms with Crippen molar-refractivity contribution in [2.75, 3.05) is 6.61 Å². The summed E-state index contributed by atoms with van der Waals surface area (Å²) in [6.45, 7) is 5.00. The van der Waals surface area contributed by atoms with Crippen LogP contribution in [0.5, 0.6) is 0 Å². The van der Waals surface area contributed by atoms with E-state index in [1.807, 2.05) is 0 Å². The van der Waals surface area contributed by atoms with E-state index in [9.17, 15) is 4.79 Å². The second kappa shape index (κ2) is 9.13. The number of carbonyl (C=O) groups excluding carboxylic acids is 1. The van der Waals surface area contributed by atoms with Crippen LogP contribution in [0.4, 0.5) is 4.79 Å². The quantitative estimate of drug-likeness (QED) is 0.450. The number of piperidine rings is 1. The minimum atomic E-state index is -0.126. The van der Waals surface area contributed by atoms with Crippen molar-refractivity contribution >= 4 is 6.09 Å². The van der Waals surface area contributed by atoms with E-state index >= 15 is 0 Å². The molecule has 2 heterocycles. The van der Waals surface area contributed by atoms with E-state index in [1.54, 1.807) is 5.57 Å². The van der Waals surface area contributed by atoms with Crippen molar-refractivity contribution < 1.29 is 9.53 Å². The van der Waals surface area contributed by atoms with Crippen molar-refractivity contribution in [2.45, 2.75) is 76.8 Å². The fourth-order valence-corrected chi connectivity index (χ4v) is 6.17. The van der Waals surface area contributed by atoms with Gasteiger partial charge in [-0.15, -0.1) is 0 Å². The van der Waals surface area contributed by atoms with Crippen molar-refractivity contribution in [2.24, 2.45) is 5.92 Å². The first-order valence-corrected chi connectivity index (χ1v) is 12.5. The molecule has 3 heteroatoms. The Hall–Kier alpha value is -2.55. The number of fused-ring (bicyclic) bond motifs is 5. The minimum Gasteiger partial charge on any atom is -0.448 e. The van der Waals surface area contributed by atoms with E-state index in [4.69, 9.17) is 4.74 Å². The van der Waals surface area contributed by atoms with Crippen LogP contribution in [-0.2, 0) is 4.74 Å². The zero-order chi connectivity index (χ0) is 22.1. The molecule has 0 saturated carbocycles. The number of hydrogen-bond donors (Lipinski definition) is 0. The predicted octanol–water partition coefficient (Wildman–Crippen LogP) is 7.32. The molecule has 2 bridgehead atoms. The van der Waals surface area contributed by atoms with Crippen LogP contribution in [0.25, 0.3) is 11.1 Å². The molecule has 2 aromatic rings. The molecule has 5 rings (SSSR count). The second-order valence-corrected chi connectivity index (χ2v) is 9.78. The number of amides is 1. The molecule has 1 saturated heterocycles. The molecule has 2 unspecified atom stereocenters. The molecular formula is C29H35NO2. The van der Waals surface area contributed by atoms with Crippen molar-refractivity contribution in [1.82, 2.24) is 4.90 Å². The first-order valence-electron chi connectivity index (χ1n) is 12.5. The van der Waals surface area contributed by atoms with Crippen LogP contribution >= 0.6 is 0 Å². The maximum absolute atomic E-state index is 13.3. The maximum atomic E-state index is 13.3. The number of carbonyl (C=O) groups is 1. The predicted molar refractivity (Wildman–Crippen MR) is 130 cm³/mol. The van der Waals surface area contributed by atoms with Gasteiger partial charge in [0.25, 0.3) is 0 Å². The molecule has 0 N–H and O–H groups in total.